The van der Waals surface area contributed by atoms with Crippen molar-refractivity contribution >= 4 is 0 Å². The van der Waals surface area contributed by atoms with Crippen LogP contribution in [0.25, 0.3) is 0 Å². The first-order valence-electron chi connectivity index (χ1n) is 6.89. The largest absolute Gasteiger partial charge is 0.348 e. The molecule has 1 aliphatic carbocycles. The molecule has 0 fully saturated rings. The second kappa shape index (κ2) is 4.81. The van der Waals surface area contributed by atoms with Gasteiger partial charge in [-0.15, -0.1) is 0 Å². The van der Waals surface area contributed by atoms with Crippen molar-refractivity contribution in [2.45, 2.75) is 52.1 Å². The summed E-state index contributed by atoms with van der Waals surface area (Å²) in [5, 5.41) is 3.82. The molecule has 0 radical (unpaired) electrons. The number of hydrogen-bond acceptors (Lipinski definition) is 4. The number of aromatic nitrogens is 3. The molecule has 2 aromatic heterocycles. The van der Waals surface area contributed by atoms with E-state index in [1.54, 1.807) is 0 Å². The van der Waals surface area contributed by atoms with Gasteiger partial charge in [0.25, 0.3) is 0 Å². The molecule has 1 aliphatic rings. The van der Waals surface area contributed by atoms with Gasteiger partial charge in [-0.2, -0.15) is 4.98 Å². The molecule has 0 bridgehead atoms. The first-order chi connectivity index (χ1) is 9.15. The number of hydrogen-bond donors (Lipinski definition) is 1. The Labute approximate surface area is 112 Å². The van der Waals surface area contributed by atoms with Gasteiger partial charge in [0.05, 0.1) is 0 Å². The third-order valence-electron chi connectivity index (χ3n) is 3.90. The van der Waals surface area contributed by atoms with Crippen LogP contribution in [0.5, 0.6) is 0 Å². The molecule has 102 valence electrons. The molecule has 2 aromatic rings. The van der Waals surface area contributed by atoms with Gasteiger partial charge in [0, 0.05) is 30.4 Å². The maximum absolute atomic E-state index is 6.18. The van der Waals surface area contributed by atoms with Gasteiger partial charge in [0.15, 0.2) is 5.82 Å². The molecule has 19 heavy (non-hydrogen) atoms. The summed E-state index contributed by atoms with van der Waals surface area (Å²) in [5.41, 5.74) is 10.2. The van der Waals surface area contributed by atoms with Crippen LogP contribution in [-0.2, 0) is 19.4 Å². The van der Waals surface area contributed by atoms with E-state index >= 15 is 0 Å². The van der Waals surface area contributed by atoms with Crippen LogP contribution < -0.4 is 5.73 Å². The summed E-state index contributed by atoms with van der Waals surface area (Å²) in [7, 11) is 0. The Morgan fingerprint density at radius 1 is 1.47 bits per heavy atom. The molecule has 1 atom stereocenters. The Morgan fingerprint density at radius 3 is 3.05 bits per heavy atom. The zero-order chi connectivity index (χ0) is 13.4. The van der Waals surface area contributed by atoms with Gasteiger partial charge in [-0.3, -0.25) is 0 Å². The van der Waals surface area contributed by atoms with Crippen LogP contribution in [-0.4, -0.2) is 14.7 Å². The molecule has 0 aliphatic heterocycles. The summed E-state index contributed by atoms with van der Waals surface area (Å²) in [4.78, 5) is 4.25. The maximum Gasteiger partial charge on any atom is 0.228 e. The van der Waals surface area contributed by atoms with E-state index in [9.17, 15) is 0 Å². The molecule has 0 saturated heterocycles. The Morgan fingerprint density at radius 2 is 2.32 bits per heavy atom. The molecule has 5 nitrogen and oxygen atoms in total. The van der Waals surface area contributed by atoms with E-state index in [0.29, 0.717) is 11.7 Å². The molecule has 1 unspecified atom stereocenters. The number of nitrogens with zero attached hydrogens (tertiary/aromatic N) is 3. The Balaban J connectivity index is 1.81. The first-order valence-corrected chi connectivity index (χ1v) is 6.89. The third kappa shape index (κ3) is 2.30. The minimum Gasteiger partial charge on any atom is -0.348 e. The lowest BCUT2D eigenvalue weighted by molar-refractivity contribution is 0.367. The van der Waals surface area contributed by atoms with Gasteiger partial charge in [0.1, 0.15) is 0 Å². The smallest absolute Gasteiger partial charge is 0.228 e. The van der Waals surface area contributed by atoms with Crippen LogP contribution in [0.4, 0.5) is 0 Å². The summed E-state index contributed by atoms with van der Waals surface area (Å²) in [6, 6.07) is 2.44. The lowest BCUT2D eigenvalue weighted by Crippen LogP contribution is -2.18. The lowest BCUT2D eigenvalue weighted by atomic mass is 9.93. The van der Waals surface area contributed by atoms with Crippen LogP contribution in [0, 0.1) is 13.8 Å². The zero-order valence-corrected chi connectivity index (χ0v) is 11.5. The molecule has 0 amide bonds. The van der Waals surface area contributed by atoms with Crippen molar-refractivity contribution in [1.29, 1.82) is 0 Å². The second-order valence-corrected chi connectivity index (χ2v) is 5.32. The van der Waals surface area contributed by atoms with Crippen molar-refractivity contribution in [3.05, 3.63) is 34.7 Å². The van der Waals surface area contributed by atoms with Gasteiger partial charge in [-0.25, -0.2) is 0 Å². The van der Waals surface area contributed by atoms with E-state index in [0.717, 1.165) is 25.8 Å². The molecule has 3 rings (SSSR count). The van der Waals surface area contributed by atoms with Crippen molar-refractivity contribution in [3.63, 3.8) is 0 Å². The molecular weight excluding hydrogens is 240 g/mol. The highest BCUT2D eigenvalue weighted by molar-refractivity contribution is 5.32. The fourth-order valence-corrected chi connectivity index (χ4v) is 2.96. The molecule has 2 heterocycles. The first kappa shape index (κ1) is 12.4. The number of fused-ring (bicyclic) bond motifs is 1. The van der Waals surface area contributed by atoms with Gasteiger partial charge >= 0.3 is 0 Å². The monoisotopic (exact) mass is 260 g/mol. The standard InChI is InChI=1S/C14H20N4O/c1-9-8-11-12(15)4-3-5-13(11)18(9)7-6-14-16-10(2)17-19-14/h8,12H,3-7,15H2,1-2H3. The number of nitrogens with two attached hydrogens (primary N) is 1. The van der Waals surface area contributed by atoms with Gasteiger partial charge in [-0.1, -0.05) is 5.16 Å². The normalized spacial score (nSPS) is 18.6. The molecule has 0 aromatic carbocycles. The highest BCUT2D eigenvalue weighted by Gasteiger charge is 2.22. The SMILES string of the molecule is Cc1noc(CCn2c(C)cc3c2CCCC3N)n1. The highest BCUT2D eigenvalue weighted by atomic mass is 16.5. The molecule has 5 heteroatoms. The van der Waals surface area contributed by atoms with Crippen molar-refractivity contribution in [3.8, 4) is 0 Å². The Bertz CT molecular complexity index is 584. The topological polar surface area (TPSA) is 69.9 Å². The lowest BCUT2D eigenvalue weighted by Gasteiger charge is -2.21. The minimum absolute atomic E-state index is 0.203. The van der Waals surface area contributed by atoms with Gasteiger partial charge in [-0.05, 0) is 44.7 Å². The van der Waals surface area contributed by atoms with Crippen LogP contribution in [0.2, 0.25) is 0 Å². The van der Waals surface area contributed by atoms with Crippen LogP contribution >= 0.6 is 0 Å². The van der Waals surface area contributed by atoms with Crippen molar-refractivity contribution in [1.82, 2.24) is 14.7 Å². The number of rotatable bonds is 3. The van der Waals surface area contributed by atoms with Crippen molar-refractivity contribution < 1.29 is 4.52 Å². The Kier molecular flexibility index (Phi) is 3.14. The summed E-state index contributed by atoms with van der Waals surface area (Å²) >= 11 is 0. The summed E-state index contributed by atoms with van der Waals surface area (Å²) in [6.45, 7) is 4.87. The van der Waals surface area contributed by atoms with Gasteiger partial charge in [0.2, 0.25) is 5.89 Å². The second-order valence-electron chi connectivity index (χ2n) is 5.32. The molecule has 0 spiro atoms. The summed E-state index contributed by atoms with van der Waals surface area (Å²) in [5.74, 6) is 1.41. The van der Waals surface area contributed by atoms with E-state index in [1.807, 2.05) is 6.92 Å². The average molecular weight is 260 g/mol. The third-order valence-corrected chi connectivity index (χ3v) is 3.90. The zero-order valence-electron chi connectivity index (χ0n) is 11.5. The molecular formula is C14H20N4O. The van der Waals surface area contributed by atoms with Crippen LogP contribution in [0.3, 0.4) is 0 Å². The number of aryl methyl sites for hydroxylation is 3. The fourth-order valence-electron chi connectivity index (χ4n) is 2.96. The quantitative estimate of drug-likeness (QED) is 0.917. The van der Waals surface area contributed by atoms with E-state index in [1.165, 1.54) is 23.4 Å². The summed E-state index contributed by atoms with van der Waals surface area (Å²) in [6.07, 6.45) is 4.17. The van der Waals surface area contributed by atoms with E-state index in [4.69, 9.17) is 10.3 Å². The van der Waals surface area contributed by atoms with Crippen molar-refractivity contribution in [2.75, 3.05) is 0 Å². The maximum atomic E-state index is 6.18. The van der Waals surface area contributed by atoms with Crippen LogP contribution in [0.1, 0.15) is 47.5 Å². The predicted octanol–water partition coefficient (Wildman–Crippen LogP) is 2.07. The average Bonchev–Trinajstić information content (AvgIpc) is 2.92. The van der Waals surface area contributed by atoms with E-state index in [2.05, 4.69) is 27.7 Å². The summed E-state index contributed by atoms with van der Waals surface area (Å²) < 4.78 is 7.52. The fraction of sp³-hybridized carbons (Fsp3) is 0.571. The van der Waals surface area contributed by atoms with Crippen LogP contribution in [0.15, 0.2) is 10.6 Å². The Hall–Kier alpha value is -1.62. The molecule has 0 saturated carbocycles. The van der Waals surface area contributed by atoms with E-state index < -0.39 is 0 Å². The molecule has 2 N–H and O–H groups in total. The van der Waals surface area contributed by atoms with Crippen molar-refractivity contribution in [2.24, 2.45) is 5.73 Å². The van der Waals surface area contributed by atoms with E-state index in [-0.39, 0.29) is 6.04 Å². The van der Waals surface area contributed by atoms with Gasteiger partial charge < -0.3 is 14.8 Å². The predicted molar refractivity (Wildman–Crippen MR) is 71.8 cm³/mol. The minimum atomic E-state index is 0.203. The highest BCUT2D eigenvalue weighted by Crippen LogP contribution is 2.30.